The summed E-state index contributed by atoms with van der Waals surface area (Å²) < 4.78 is 0.769. The second-order valence-electron chi connectivity index (χ2n) is 7.35. The Labute approximate surface area is 138 Å². The number of nitrogen functional groups attached to an aromatic ring is 1. The third-order valence-electron chi connectivity index (χ3n) is 5.50. The molecule has 3 N–H and O–H groups in total. The number of thioether (sulfide) groups is 1. The van der Waals surface area contributed by atoms with Gasteiger partial charge < -0.3 is 11.1 Å². The Kier molecular flexibility index (Phi) is 3.60. The molecule has 1 atom stereocenters. The van der Waals surface area contributed by atoms with Crippen molar-refractivity contribution in [1.29, 1.82) is 0 Å². The molecule has 4 aliphatic rings. The van der Waals surface area contributed by atoms with Gasteiger partial charge in [-0.2, -0.15) is 0 Å². The van der Waals surface area contributed by atoms with Crippen LogP contribution in [0, 0.1) is 17.8 Å². The molecular weight excluding hydrogens is 316 g/mol. The molecule has 0 spiro atoms. The van der Waals surface area contributed by atoms with Gasteiger partial charge in [0, 0.05) is 5.54 Å². The molecule has 0 radical (unpaired) electrons. The van der Waals surface area contributed by atoms with E-state index >= 15 is 0 Å². The van der Waals surface area contributed by atoms with Crippen LogP contribution in [0.5, 0.6) is 0 Å². The first-order chi connectivity index (χ1) is 10.5. The Bertz CT molecular complexity index is 553. The summed E-state index contributed by atoms with van der Waals surface area (Å²) in [5, 5.41) is 11.5. The van der Waals surface area contributed by atoms with Gasteiger partial charge in [0.25, 0.3) is 0 Å². The SMILES string of the molecule is C[C@H](Sc1nnc(N)s1)C(=O)NC12CC3CC(CC(C3)C1)C2. The van der Waals surface area contributed by atoms with Crippen LogP contribution >= 0.6 is 23.1 Å². The summed E-state index contributed by atoms with van der Waals surface area (Å²) in [6, 6.07) is 0. The van der Waals surface area contributed by atoms with Gasteiger partial charge in [0.15, 0.2) is 4.34 Å². The fourth-order valence-electron chi connectivity index (χ4n) is 5.10. The summed E-state index contributed by atoms with van der Waals surface area (Å²) in [6.45, 7) is 1.94. The normalized spacial score (nSPS) is 37.2. The minimum atomic E-state index is -0.152. The molecule has 1 aromatic heterocycles. The largest absolute Gasteiger partial charge is 0.374 e. The van der Waals surface area contributed by atoms with Crippen molar-refractivity contribution in [1.82, 2.24) is 15.5 Å². The summed E-state index contributed by atoms with van der Waals surface area (Å²) in [5.41, 5.74) is 5.68. The van der Waals surface area contributed by atoms with Gasteiger partial charge in [-0.05, 0) is 63.2 Å². The number of nitrogens with zero attached hydrogens (tertiary/aromatic N) is 2. The van der Waals surface area contributed by atoms with Crippen LogP contribution in [0.3, 0.4) is 0 Å². The maximum absolute atomic E-state index is 12.6. The van der Waals surface area contributed by atoms with E-state index in [-0.39, 0.29) is 16.7 Å². The van der Waals surface area contributed by atoms with Crippen molar-refractivity contribution in [2.75, 3.05) is 5.73 Å². The lowest BCUT2D eigenvalue weighted by Crippen LogP contribution is -2.60. The number of aromatic nitrogens is 2. The molecule has 0 aliphatic heterocycles. The highest BCUT2D eigenvalue weighted by molar-refractivity contribution is 8.02. The topological polar surface area (TPSA) is 80.9 Å². The predicted octanol–water partition coefficient (Wildman–Crippen LogP) is 2.69. The monoisotopic (exact) mass is 338 g/mol. The first-order valence-corrected chi connectivity index (χ1v) is 9.79. The molecule has 4 fully saturated rings. The van der Waals surface area contributed by atoms with Crippen molar-refractivity contribution in [2.24, 2.45) is 17.8 Å². The average Bonchev–Trinajstić information content (AvgIpc) is 2.81. The van der Waals surface area contributed by atoms with E-state index in [4.69, 9.17) is 5.73 Å². The quantitative estimate of drug-likeness (QED) is 0.825. The third-order valence-corrected chi connectivity index (χ3v) is 7.43. The molecule has 4 bridgehead atoms. The predicted molar refractivity (Wildman–Crippen MR) is 88.7 cm³/mol. The van der Waals surface area contributed by atoms with Crippen molar-refractivity contribution in [3.8, 4) is 0 Å². The zero-order valence-electron chi connectivity index (χ0n) is 12.7. The van der Waals surface area contributed by atoms with Crippen molar-refractivity contribution in [2.45, 2.75) is 60.6 Å². The van der Waals surface area contributed by atoms with Crippen LogP contribution in [0.4, 0.5) is 5.13 Å². The summed E-state index contributed by atoms with van der Waals surface area (Å²) >= 11 is 2.80. The zero-order chi connectivity index (χ0) is 15.3. The Morgan fingerprint density at radius 2 is 1.86 bits per heavy atom. The highest BCUT2D eigenvalue weighted by Gasteiger charge is 2.51. The number of nitrogens with two attached hydrogens (primary N) is 1. The fraction of sp³-hybridized carbons (Fsp3) is 0.800. The first kappa shape index (κ1) is 14.8. The minimum Gasteiger partial charge on any atom is -0.374 e. The molecule has 22 heavy (non-hydrogen) atoms. The Morgan fingerprint density at radius 3 is 2.36 bits per heavy atom. The number of carbonyl (C=O) groups is 1. The number of anilines is 1. The van der Waals surface area contributed by atoms with Gasteiger partial charge in [0.1, 0.15) is 0 Å². The average molecular weight is 339 g/mol. The molecule has 0 saturated heterocycles. The molecule has 7 heteroatoms. The molecule has 4 aliphatic carbocycles. The Balaban J connectivity index is 1.41. The zero-order valence-corrected chi connectivity index (χ0v) is 14.4. The minimum absolute atomic E-state index is 0.0841. The number of hydrogen-bond donors (Lipinski definition) is 2. The number of carbonyl (C=O) groups excluding carboxylic acids is 1. The standard InChI is InChI=1S/C15H22N4OS2/c1-8(21-14-19-18-13(16)22-14)12(20)17-15-5-9-2-10(6-15)4-11(3-9)7-15/h8-11H,2-7H2,1H3,(H2,16,18)(H,17,20)/t8-,9?,10?,11?,15?/m0/s1. The second-order valence-corrected chi connectivity index (χ2v) is 9.95. The van der Waals surface area contributed by atoms with E-state index in [0.29, 0.717) is 5.13 Å². The smallest absolute Gasteiger partial charge is 0.233 e. The van der Waals surface area contributed by atoms with Crippen molar-refractivity contribution >= 4 is 34.1 Å². The van der Waals surface area contributed by atoms with Gasteiger partial charge in [-0.15, -0.1) is 10.2 Å². The van der Waals surface area contributed by atoms with E-state index in [0.717, 1.165) is 22.1 Å². The van der Waals surface area contributed by atoms with Crippen LogP contribution in [0.15, 0.2) is 4.34 Å². The van der Waals surface area contributed by atoms with Gasteiger partial charge in [0.05, 0.1) is 5.25 Å². The Morgan fingerprint density at radius 1 is 1.27 bits per heavy atom. The highest BCUT2D eigenvalue weighted by atomic mass is 32.2. The lowest BCUT2D eigenvalue weighted by atomic mass is 9.53. The van der Waals surface area contributed by atoms with Gasteiger partial charge in [-0.1, -0.05) is 23.1 Å². The third kappa shape index (κ3) is 2.73. The van der Waals surface area contributed by atoms with E-state index in [9.17, 15) is 4.79 Å². The molecule has 5 rings (SSSR count). The van der Waals surface area contributed by atoms with Crippen molar-refractivity contribution in [3.05, 3.63) is 0 Å². The van der Waals surface area contributed by atoms with E-state index < -0.39 is 0 Å². The Hall–Kier alpha value is -0.820. The summed E-state index contributed by atoms with van der Waals surface area (Å²) in [7, 11) is 0. The fourth-order valence-corrected chi connectivity index (χ4v) is 6.88. The molecule has 1 aromatic rings. The molecule has 4 saturated carbocycles. The van der Waals surface area contributed by atoms with E-state index in [1.54, 1.807) is 0 Å². The van der Waals surface area contributed by atoms with Crippen LogP contribution in [0.2, 0.25) is 0 Å². The molecule has 1 heterocycles. The van der Waals surface area contributed by atoms with Crippen LogP contribution in [0.1, 0.15) is 45.4 Å². The second kappa shape index (κ2) is 5.37. The van der Waals surface area contributed by atoms with Crippen LogP contribution in [0.25, 0.3) is 0 Å². The van der Waals surface area contributed by atoms with Crippen molar-refractivity contribution in [3.63, 3.8) is 0 Å². The highest BCUT2D eigenvalue weighted by Crippen LogP contribution is 2.55. The molecule has 0 aromatic carbocycles. The lowest BCUT2D eigenvalue weighted by Gasteiger charge is -2.57. The number of rotatable bonds is 4. The molecule has 1 amide bonds. The summed E-state index contributed by atoms with van der Waals surface area (Å²) in [5.74, 6) is 2.67. The summed E-state index contributed by atoms with van der Waals surface area (Å²) in [6.07, 6.45) is 7.74. The van der Waals surface area contributed by atoms with Crippen molar-refractivity contribution < 1.29 is 4.79 Å². The van der Waals surface area contributed by atoms with E-state index in [1.165, 1.54) is 61.6 Å². The van der Waals surface area contributed by atoms with Gasteiger partial charge in [0.2, 0.25) is 11.0 Å². The lowest BCUT2D eigenvalue weighted by molar-refractivity contribution is -0.126. The number of nitrogens with one attached hydrogen (secondary N) is 1. The van der Waals surface area contributed by atoms with Gasteiger partial charge in [-0.3, -0.25) is 4.79 Å². The maximum atomic E-state index is 12.6. The molecular formula is C15H22N4OS2. The summed E-state index contributed by atoms with van der Waals surface area (Å²) in [4.78, 5) is 12.6. The maximum Gasteiger partial charge on any atom is 0.233 e. The van der Waals surface area contributed by atoms with Crippen LogP contribution < -0.4 is 11.1 Å². The number of hydrogen-bond acceptors (Lipinski definition) is 6. The van der Waals surface area contributed by atoms with E-state index in [1.807, 2.05) is 6.92 Å². The van der Waals surface area contributed by atoms with E-state index in [2.05, 4.69) is 15.5 Å². The molecule has 0 unspecified atom stereocenters. The first-order valence-electron chi connectivity index (χ1n) is 8.09. The van der Waals surface area contributed by atoms with Crippen LogP contribution in [-0.2, 0) is 4.79 Å². The van der Waals surface area contributed by atoms with Gasteiger partial charge in [-0.25, -0.2) is 0 Å². The van der Waals surface area contributed by atoms with Crippen LogP contribution in [-0.4, -0.2) is 26.9 Å². The number of amides is 1. The van der Waals surface area contributed by atoms with Gasteiger partial charge >= 0.3 is 0 Å². The molecule has 5 nitrogen and oxygen atoms in total. The molecule has 120 valence electrons.